The van der Waals surface area contributed by atoms with E-state index in [1.54, 1.807) is 12.3 Å². The van der Waals surface area contributed by atoms with Crippen LogP contribution in [0.5, 0.6) is 0 Å². The van der Waals surface area contributed by atoms with E-state index in [-0.39, 0.29) is 5.97 Å². The Morgan fingerprint density at radius 3 is 2.59 bits per heavy atom. The van der Waals surface area contributed by atoms with E-state index < -0.39 is 0 Å². The van der Waals surface area contributed by atoms with Crippen LogP contribution in [0, 0.1) is 6.92 Å². The maximum absolute atomic E-state index is 12.1. The maximum Gasteiger partial charge on any atom is 0.340 e. The number of esters is 1. The van der Waals surface area contributed by atoms with Crippen LogP contribution < -0.4 is 0 Å². The summed E-state index contributed by atoms with van der Waals surface area (Å²) in [5, 5.41) is 0. The van der Waals surface area contributed by atoms with Gasteiger partial charge in [-0.2, -0.15) is 0 Å². The van der Waals surface area contributed by atoms with Crippen molar-refractivity contribution in [3.8, 4) is 11.3 Å². The number of benzene rings is 1. The Labute approximate surface area is 128 Å². The minimum Gasteiger partial charge on any atom is -0.465 e. The molecule has 4 heteroatoms. The fourth-order valence-electron chi connectivity index (χ4n) is 2.58. The van der Waals surface area contributed by atoms with Gasteiger partial charge in [-0.15, -0.1) is 0 Å². The van der Waals surface area contributed by atoms with Crippen LogP contribution in [0.2, 0.25) is 0 Å². The molecular formula is C18H17NO3. The molecule has 2 aromatic heterocycles. The first kappa shape index (κ1) is 14.2. The first-order valence-corrected chi connectivity index (χ1v) is 7.06. The predicted octanol–water partition coefficient (Wildman–Crippen LogP) is 3.89. The fraction of sp³-hybridized carbons (Fsp3) is 0.167. The van der Waals surface area contributed by atoms with Crippen molar-refractivity contribution in [1.82, 2.24) is 4.57 Å². The van der Waals surface area contributed by atoms with Crippen molar-refractivity contribution in [3.63, 3.8) is 0 Å². The van der Waals surface area contributed by atoms with E-state index in [1.165, 1.54) is 12.7 Å². The molecule has 0 saturated heterocycles. The highest BCUT2D eigenvalue weighted by Crippen LogP contribution is 2.29. The molecule has 3 rings (SSSR count). The lowest BCUT2D eigenvalue weighted by Crippen LogP contribution is -2.06. The van der Waals surface area contributed by atoms with Crippen LogP contribution in [0.1, 0.15) is 21.6 Å². The normalized spacial score (nSPS) is 10.6. The minimum absolute atomic E-state index is 0.351. The minimum atomic E-state index is -0.351. The number of methoxy groups -OCH3 is 1. The third-order valence-corrected chi connectivity index (χ3v) is 3.72. The van der Waals surface area contributed by atoms with Crippen molar-refractivity contribution in [1.29, 1.82) is 0 Å². The summed E-state index contributed by atoms with van der Waals surface area (Å²) in [4.78, 5) is 12.1. The number of nitrogens with zero attached hydrogens (tertiary/aromatic N) is 1. The average molecular weight is 295 g/mol. The SMILES string of the molecule is COC(=O)c1c(-c2ccco2)cn(Cc2ccccc2)c1C. The number of furan rings is 1. The van der Waals surface area contributed by atoms with Crippen LogP contribution >= 0.6 is 0 Å². The van der Waals surface area contributed by atoms with Gasteiger partial charge in [-0.25, -0.2) is 4.79 Å². The second-order valence-electron chi connectivity index (χ2n) is 5.09. The lowest BCUT2D eigenvalue weighted by molar-refractivity contribution is 0.0600. The summed E-state index contributed by atoms with van der Waals surface area (Å²) in [7, 11) is 1.39. The quantitative estimate of drug-likeness (QED) is 0.686. The van der Waals surface area contributed by atoms with Crippen molar-refractivity contribution in [2.45, 2.75) is 13.5 Å². The molecule has 0 fully saturated rings. The summed E-state index contributed by atoms with van der Waals surface area (Å²) in [6, 6.07) is 13.8. The third-order valence-electron chi connectivity index (χ3n) is 3.72. The summed E-state index contributed by atoms with van der Waals surface area (Å²) in [6.07, 6.45) is 3.54. The number of hydrogen-bond donors (Lipinski definition) is 0. The summed E-state index contributed by atoms with van der Waals surface area (Å²) >= 11 is 0. The van der Waals surface area contributed by atoms with Crippen LogP contribution in [0.4, 0.5) is 0 Å². The van der Waals surface area contributed by atoms with E-state index in [1.807, 2.05) is 42.0 Å². The average Bonchev–Trinajstić information content (AvgIpc) is 3.17. The third kappa shape index (κ3) is 2.55. The fourth-order valence-corrected chi connectivity index (χ4v) is 2.58. The highest BCUT2D eigenvalue weighted by molar-refractivity contribution is 5.98. The number of rotatable bonds is 4. The van der Waals surface area contributed by atoms with Crippen molar-refractivity contribution in [3.05, 3.63) is 71.7 Å². The topological polar surface area (TPSA) is 44.4 Å². The second-order valence-corrected chi connectivity index (χ2v) is 5.09. The van der Waals surface area contributed by atoms with Crippen molar-refractivity contribution >= 4 is 5.97 Å². The van der Waals surface area contributed by atoms with E-state index in [0.717, 1.165) is 11.3 Å². The summed E-state index contributed by atoms with van der Waals surface area (Å²) in [6.45, 7) is 2.61. The van der Waals surface area contributed by atoms with Crippen LogP contribution in [0.15, 0.2) is 59.3 Å². The monoisotopic (exact) mass is 295 g/mol. The molecular weight excluding hydrogens is 278 g/mol. The Morgan fingerprint density at radius 1 is 1.18 bits per heavy atom. The standard InChI is InChI=1S/C18H17NO3/c1-13-17(18(20)21-2)15(16-9-6-10-22-16)12-19(13)11-14-7-4-3-5-8-14/h3-10,12H,11H2,1-2H3. The molecule has 4 nitrogen and oxygen atoms in total. The van der Waals surface area contributed by atoms with Crippen molar-refractivity contribution < 1.29 is 13.9 Å². The summed E-state index contributed by atoms with van der Waals surface area (Å²) < 4.78 is 12.4. The number of aromatic nitrogens is 1. The van der Waals surface area contributed by atoms with Crippen molar-refractivity contribution in [2.75, 3.05) is 7.11 Å². The largest absolute Gasteiger partial charge is 0.465 e. The molecule has 112 valence electrons. The van der Waals surface area contributed by atoms with Crippen LogP contribution in [-0.4, -0.2) is 17.6 Å². The highest BCUT2D eigenvalue weighted by Gasteiger charge is 2.22. The van der Waals surface area contributed by atoms with E-state index in [4.69, 9.17) is 9.15 Å². The molecule has 0 aliphatic rings. The number of carbonyl (C=O) groups is 1. The predicted molar refractivity (Wildman–Crippen MR) is 83.8 cm³/mol. The Kier molecular flexibility index (Phi) is 3.83. The van der Waals surface area contributed by atoms with Gasteiger partial charge in [0.15, 0.2) is 0 Å². The van der Waals surface area contributed by atoms with E-state index in [2.05, 4.69) is 12.1 Å². The molecule has 0 spiro atoms. The molecule has 0 radical (unpaired) electrons. The van der Waals surface area contributed by atoms with Gasteiger partial charge in [0.1, 0.15) is 5.76 Å². The number of ether oxygens (including phenoxy) is 1. The molecule has 0 saturated carbocycles. The van der Waals surface area contributed by atoms with Gasteiger partial charge < -0.3 is 13.7 Å². The molecule has 22 heavy (non-hydrogen) atoms. The number of carbonyl (C=O) groups excluding carboxylic acids is 1. The maximum atomic E-state index is 12.1. The zero-order valence-corrected chi connectivity index (χ0v) is 12.6. The smallest absolute Gasteiger partial charge is 0.340 e. The first-order valence-electron chi connectivity index (χ1n) is 7.06. The molecule has 0 bridgehead atoms. The van der Waals surface area contributed by atoms with Crippen LogP contribution in [-0.2, 0) is 11.3 Å². The van der Waals surface area contributed by atoms with Crippen LogP contribution in [0.25, 0.3) is 11.3 Å². The molecule has 0 aliphatic carbocycles. The molecule has 0 unspecified atom stereocenters. The molecule has 0 aliphatic heterocycles. The lowest BCUT2D eigenvalue weighted by Gasteiger charge is -2.07. The molecule has 3 aromatic rings. The first-order chi connectivity index (χ1) is 10.7. The Hall–Kier alpha value is -2.75. The Bertz CT molecular complexity index is 770. The van der Waals surface area contributed by atoms with Gasteiger partial charge in [0.2, 0.25) is 0 Å². The second kappa shape index (κ2) is 5.93. The van der Waals surface area contributed by atoms with Crippen molar-refractivity contribution in [2.24, 2.45) is 0 Å². The van der Waals surface area contributed by atoms with E-state index in [0.29, 0.717) is 17.9 Å². The molecule has 2 heterocycles. The summed E-state index contributed by atoms with van der Waals surface area (Å²) in [5.41, 5.74) is 3.34. The van der Waals surface area contributed by atoms with Gasteiger partial charge >= 0.3 is 5.97 Å². The van der Waals surface area contributed by atoms with Gasteiger partial charge in [-0.05, 0) is 24.6 Å². The van der Waals surface area contributed by atoms with E-state index in [9.17, 15) is 4.79 Å². The van der Waals surface area contributed by atoms with E-state index >= 15 is 0 Å². The van der Waals surface area contributed by atoms with Crippen LogP contribution in [0.3, 0.4) is 0 Å². The Balaban J connectivity index is 2.07. The van der Waals surface area contributed by atoms with Gasteiger partial charge in [0.25, 0.3) is 0 Å². The zero-order valence-electron chi connectivity index (χ0n) is 12.6. The Morgan fingerprint density at radius 2 is 1.95 bits per heavy atom. The summed E-state index contributed by atoms with van der Waals surface area (Å²) in [5.74, 6) is 0.311. The molecule has 1 aromatic carbocycles. The molecule has 0 amide bonds. The van der Waals surface area contributed by atoms with Gasteiger partial charge in [-0.1, -0.05) is 30.3 Å². The molecule has 0 atom stereocenters. The lowest BCUT2D eigenvalue weighted by atomic mass is 10.1. The van der Waals surface area contributed by atoms with Gasteiger partial charge in [-0.3, -0.25) is 0 Å². The zero-order chi connectivity index (χ0) is 15.5. The molecule has 0 N–H and O–H groups in total. The van der Waals surface area contributed by atoms with Gasteiger partial charge in [0.05, 0.1) is 18.9 Å². The number of hydrogen-bond acceptors (Lipinski definition) is 3. The highest BCUT2D eigenvalue weighted by atomic mass is 16.5. The van der Waals surface area contributed by atoms with Gasteiger partial charge in [0, 0.05) is 24.0 Å².